The molecule has 4 N–H and O–H groups in total. The van der Waals surface area contributed by atoms with Gasteiger partial charge in [-0.2, -0.15) is 5.10 Å². The van der Waals surface area contributed by atoms with E-state index in [2.05, 4.69) is 30.5 Å². The molecule has 1 amide bonds. The van der Waals surface area contributed by atoms with Gasteiger partial charge in [-0.05, 0) is 60.4 Å². The maximum atomic E-state index is 14.1. The number of phenols is 1. The summed E-state index contributed by atoms with van der Waals surface area (Å²) >= 11 is 0. The molecule has 1 aliphatic rings. The predicted octanol–water partition coefficient (Wildman–Crippen LogP) is 7.20. The summed E-state index contributed by atoms with van der Waals surface area (Å²) in [5, 5.41) is 22.4. The monoisotopic (exact) mass is 546 g/mol. The Morgan fingerprint density at radius 2 is 1.80 bits per heavy atom. The fraction of sp³-hybridized carbons (Fsp3) is 0.188. The van der Waals surface area contributed by atoms with Gasteiger partial charge in [-0.15, -0.1) is 0 Å². The zero-order valence-corrected chi connectivity index (χ0v) is 22.1. The number of aromatic amines is 2. The molecule has 1 saturated carbocycles. The lowest BCUT2D eigenvalue weighted by Crippen LogP contribution is -2.24. The summed E-state index contributed by atoms with van der Waals surface area (Å²) in [6.07, 6.45) is 10.4. The smallest absolute Gasteiger partial charge is 0.227 e. The number of nitrogens with zero attached hydrogens (tertiary/aromatic N) is 3. The van der Waals surface area contributed by atoms with E-state index in [1.54, 1.807) is 24.7 Å². The number of hydrogen-bond donors (Lipinski definition) is 4. The molecule has 204 valence electrons. The van der Waals surface area contributed by atoms with Crippen LogP contribution in [-0.4, -0.2) is 36.2 Å². The number of carbonyl (C=O) groups is 1. The van der Waals surface area contributed by atoms with Gasteiger partial charge in [0.2, 0.25) is 5.91 Å². The molecule has 2 aromatic carbocycles. The Balaban J connectivity index is 1.23. The van der Waals surface area contributed by atoms with E-state index in [9.17, 15) is 14.3 Å². The highest BCUT2D eigenvalue weighted by Crippen LogP contribution is 2.36. The Bertz CT molecular complexity index is 1900. The summed E-state index contributed by atoms with van der Waals surface area (Å²) in [6.45, 7) is 0. The van der Waals surface area contributed by atoms with Crippen LogP contribution in [0.5, 0.6) is 5.75 Å². The molecule has 0 atom stereocenters. The van der Waals surface area contributed by atoms with Crippen LogP contribution in [0.3, 0.4) is 0 Å². The quantitative estimate of drug-likeness (QED) is 0.182. The number of nitrogens with one attached hydrogen (secondary N) is 3. The third kappa shape index (κ3) is 4.80. The van der Waals surface area contributed by atoms with Crippen LogP contribution in [0, 0.1) is 11.7 Å². The fourth-order valence-corrected chi connectivity index (χ4v) is 5.80. The van der Waals surface area contributed by atoms with E-state index in [4.69, 9.17) is 0 Å². The van der Waals surface area contributed by atoms with Gasteiger partial charge in [0.25, 0.3) is 0 Å². The number of rotatable bonds is 5. The number of aromatic hydroxyl groups is 1. The van der Waals surface area contributed by atoms with E-state index in [-0.39, 0.29) is 17.6 Å². The number of pyridine rings is 2. The van der Waals surface area contributed by atoms with Crippen LogP contribution < -0.4 is 5.32 Å². The minimum absolute atomic E-state index is 0.0517. The number of amides is 1. The van der Waals surface area contributed by atoms with Crippen LogP contribution in [0.25, 0.3) is 55.6 Å². The van der Waals surface area contributed by atoms with Crippen LogP contribution in [0.2, 0.25) is 0 Å². The predicted molar refractivity (Wildman–Crippen MR) is 157 cm³/mol. The Kier molecular flexibility index (Phi) is 6.19. The van der Waals surface area contributed by atoms with Gasteiger partial charge in [0, 0.05) is 40.0 Å². The summed E-state index contributed by atoms with van der Waals surface area (Å²) in [5.41, 5.74) is 6.63. The van der Waals surface area contributed by atoms with E-state index < -0.39 is 5.82 Å². The number of carbonyl (C=O) groups excluding carboxylic acids is 1. The first-order valence-corrected chi connectivity index (χ1v) is 13.7. The number of aromatic nitrogens is 5. The van der Waals surface area contributed by atoms with E-state index in [1.165, 1.54) is 12.5 Å². The third-order valence-electron chi connectivity index (χ3n) is 7.84. The Morgan fingerprint density at radius 1 is 0.927 bits per heavy atom. The van der Waals surface area contributed by atoms with Gasteiger partial charge >= 0.3 is 0 Å². The van der Waals surface area contributed by atoms with E-state index in [1.807, 2.05) is 36.4 Å². The standard InChI is InChI=1S/C32H27FN6O2/c33-21-9-19(11-23(40)12-21)24-7-4-8-27-25(24)13-29(37-27)31-26-14-28(35-17-30(26)38-39-31)20-10-22(16-34-15-20)36-32(41)18-5-2-1-3-6-18/h4,7-18,37,40H,1-3,5-6H2,(H,36,41)(H,38,39). The van der Waals surface area contributed by atoms with Gasteiger partial charge in [0.15, 0.2) is 0 Å². The number of fused-ring (bicyclic) bond motifs is 2. The van der Waals surface area contributed by atoms with Crippen molar-refractivity contribution in [3.05, 3.63) is 79.0 Å². The van der Waals surface area contributed by atoms with E-state index in [0.717, 1.165) is 70.4 Å². The van der Waals surface area contributed by atoms with Crippen molar-refractivity contribution in [2.75, 3.05) is 5.32 Å². The summed E-state index contributed by atoms with van der Waals surface area (Å²) in [5.74, 6) is -0.522. The summed E-state index contributed by atoms with van der Waals surface area (Å²) in [7, 11) is 0. The first kappa shape index (κ1) is 25.0. The number of phenolic OH excluding ortho intramolecular Hbond substituents is 1. The van der Waals surface area contributed by atoms with Crippen molar-refractivity contribution >= 4 is 33.4 Å². The third-order valence-corrected chi connectivity index (χ3v) is 7.84. The molecule has 4 aromatic heterocycles. The summed E-state index contributed by atoms with van der Waals surface area (Å²) in [4.78, 5) is 25.2. The van der Waals surface area contributed by atoms with Gasteiger partial charge in [-0.3, -0.25) is 19.9 Å². The molecule has 0 aliphatic heterocycles. The zero-order chi connectivity index (χ0) is 27.9. The lowest BCUT2D eigenvalue weighted by Gasteiger charge is -2.20. The molecule has 8 nitrogen and oxygen atoms in total. The van der Waals surface area contributed by atoms with Gasteiger partial charge in [0.1, 0.15) is 17.3 Å². The van der Waals surface area contributed by atoms with Crippen molar-refractivity contribution < 1.29 is 14.3 Å². The first-order chi connectivity index (χ1) is 20.0. The molecule has 1 aliphatic carbocycles. The van der Waals surface area contributed by atoms with Crippen LogP contribution in [-0.2, 0) is 4.79 Å². The van der Waals surface area contributed by atoms with Crippen molar-refractivity contribution in [3.63, 3.8) is 0 Å². The largest absolute Gasteiger partial charge is 0.508 e. The van der Waals surface area contributed by atoms with Crippen LogP contribution in [0.15, 0.2) is 73.2 Å². The van der Waals surface area contributed by atoms with E-state index >= 15 is 0 Å². The van der Waals surface area contributed by atoms with E-state index in [0.29, 0.717) is 22.6 Å². The van der Waals surface area contributed by atoms with Crippen molar-refractivity contribution in [1.29, 1.82) is 0 Å². The van der Waals surface area contributed by atoms with Crippen LogP contribution in [0.4, 0.5) is 10.1 Å². The number of anilines is 1. The maximum absolute atomic E-state index is 14.1. The summed E-state index contributed by atoms with van der Waals surface area (Å²) < 4.78 is 14.1. The van der Waals surface area contributed by atoms with Crippen molar-refractivity contribution in [1.82, 2.24) is 25.1 Å². The van der Waals surface area contributed by atoms with Crippen molar-refractivity contribution in [3.8, 4) is 39.5 Å². The lowest BCUT2D eigenvalue weighted by molar-refractivity contribution is -0.120. The molecule has 0 bridgehead atoms. The molecule has 4 heterocycles. The highest BCUT2D eigenvalue weighted by Gasteiger charge is 2.21. The Labute approximate surface area is 234 Å². The lowest BCUT2D eigenvalue weighted by atomic mass is 9.88. The molecule has 1 fully saturated rings. The number of benzene rings is 2. The molecule has 6 aromatic rings. The molecule has 0 spiro atoms. The first-order valence-electron chi connectivity index (χ1n) is 13.7. The SMILES string of the molecule is O=C(Nc1cncc(-c2cc3c(-c4cc5c(-c6cc(O)cc(F)c6)cccc5[nH]4)n[nH]c3cn2)c1)C1CCCCC1. The zero-order valence-electron chi connectivity index (χ0n) is 22.1. The number of halogens is 1. The topological polar surface area (TPSA) is 120 Å². The molecule has 9 heteroatoms. The van der Waals surface area contributed by atoms with Gasteiger partial charge in [-0.1, -0.05) is 31.4 Å². The average Bonchev–Trinajstić information content (AvgIpc) is 3.61. The Hall–Kier alpha value is -5.05. The second-order valence-electron chi connectivity index (χ2n) is 10.6. The van der Waals surface area contributed by atoms with Crippen LogP contribution >= 0.6 is 0 Å². The molecule has 7 rings (SSSR count). The fourth-order valence-electron chi connectivity index (χ4n) is 5.80. The Morgan fingerprint density at radius 3 is 2.66 bits per heavy atom. The average molecular weight is 547 g/mol. The molecule has 0 radical (unpaired) electrons. The normalized spacial score (nSPS) is 14.1. The molecule has 0 saturated heterocycles. The van der Waals surface area contributed by atoms with Crippen molar-refractivity contribution in [2.24, 2.45) is 5.92 Å². The number of hydrogen-bond acceptors (Lipinski definition) is 5. The highest BCUT2D eigenvalue weighted by molar-refractivity contribution is 6.01. The minimum Gasteiger partial charge on any atom is -0.508 e. The summed E-state index contributed by atoms with van der Waals surface area (Å²) in [6, 6.07) is 15.6. The van der Waals surface area contributed by atoms with Gasteiger partial charge < -0.3 is 15.4 Å². The number of H-pyrrole nitrogens is 2. The van der Waals surface area contributed by atoms with Gasteiger partial charge in [0.05, 0.1) is 35.0 Å². The minimum atomic E-state index is -0.502. The van der Waals surface area contributed by atoms with Crippen molar-refractivity contribution in [2.45, 2.75) is 32.1 Å². The molecular weight excluding hydrogens is 519 g/mol. The second kappa shape index (κ2) is 10.2. The molecule has 0 unspecified atom stereocenters. The molecular formula is C32H27FN6O2. The second-order valence-corrected chi connectivity index (χ2v) is 10.6. The highest BCUT2D eigenvalue weighted by atomic mass is 19.1. The van der Waals surface area contributed by atoms with Gasteiger partial charge in [-0.25, -0.2) is 4.39 Å². The maximum Gasteiger partial charge on any atom is 0.227 e. The molecule has 41 heavy (non-hydrogen) atoms. The van der Waals surface area contributed by atoms with Crippen LogP contribution in [0.1, 0.15) is 32.1 Å².